The number of likely N-dealkylation sites (tertiary alicyclic amines) is 1. The number of carbonyl (C=O) groups is 3. The summed E-state index contributed by atoms with van der Waals surface area (Å²) in [6, 6.07) is 7.71. The van der Waals surface area contributed by atoms with Crippen LogP contribution in [0.25, 0.3) is 0 Å². The predicted octanol–water partition coefficient (Wildman–Crippen LogP) is 3.03. The van der Waals surface area contributed by atoms with Gasteiger partial charge in [0.2, 0.25) is 11.8 Å². The summed E-state index contributed by atoms with van der Waals surface area (Å²) >= 11 is 0. The molecular weight excluding hydrogens is 472 g/mol. The van der Waals surface area contributed by atoms with Crippen LogP contribution in [0.4, 0.5) is 0 Å². The molecule has 3 fully saturated rings. The van der Waals surface area contributed by atoms with Crippen molar-refractivity contribution in [2.75, 3.05) is 13.2 Å². The fourth-order valence-electron chi connectivity index (χ4n) is 7.20. The number of carboxylic acid groups (broad SMARTS) is 1. The molecule has 4 rings (SSSR count). The van der Waals surface area contributed by atoms with E-state index in [0.29, 0.717) is 32.2 Å². The van der Waals surface area contributed by atoms with Crippen molar-refractivity contribution >= 4 is 17.8 Å². The highest BCUT2D eigenvalue weighted by Gasteiger charge is 2.79. The quantitative estimate of drug-likeness (QED) is 0.417. The molecule has 7 atom stereocenters. The molecule has 202 valence electrons. The van der Waals surface area contributed by atoms with Crippen molar-refractivity contribution in [3.05, 3.63) is 48.6 Å². The molecular formula is C29H40N2O6. The Bertz CT molecular complexity index is 1030. The Balaban J connectivity index is 1.83. The average Bonchev–Trinajstić information content (AvgIpc) is 3.50. The number of benzene rings is 1. The van der Waals surface area contributed by atoms with Gasteiger partial charge in [0, 0.05) is 12.6 Å². The number of carbonyl (C=O) groups excluding carboxylic acids is 2. The Kier molecular flexibility index (Phi) is 7.81. The number of carboxylic acids is 1. The number of aliphatic carboxylic acids is 1. The number of aliphatic hydroxyl groups excluding tert-OH is 1. The van der Waals surface area contributed by atoms with Crippen LogP contribution in [0.1, 0.15) is 58.4 Å². The van der Waals surface area contributed by atoms with E-state index in [1.54, 1.807) is 11.0 Å². The highest BCUT2D eigenvalue weighted by molar-refractivity contribution is 5.98. The molecule has 3 heterocycles. The Hall–Kier alpha value is -2.71. The van der Waals surface area contributed by atoms with Gasteiger partial charge < -0.3 is 24.7 Å². The van der Waals surface area contributed by atoms with Gasteiger partial charge in [-0.1, -0.05) is 56.7 Å². The number of rotatable bonds is 12. The standard InChI is InChI=1S/C29H40N2O6/c1-5-11-19(4)30(16-6-2)26(34)24-29-15-14-28(7-3,37-29)23(27(35)36)22(29)25(33)31(24)21(18-32)17-20-12-9-8-10-13-20/h6,8-10,12-13,19,21-24,32H,2,5,7,11,14-18H2,1,3-4H3,(H,35,36)/t19?,21-,22+,23+,24?,28-,29?/m1/s1. The SMILES string of the molecule is C=CCN(C(=O)C1N([C@@H](CO)Cc2ccccc2)C(=O)[C@@H]2[C@@H](C(=O)O)[C@@]3(CC)CCC12O3)C(C)CCC. The number of hydrogen-bond donors (Lipinski definition) is 2. The Morgan fingerprint density at radius 3 is 2.54 bits per heavy atom. The molecule has 8 nitrogen and oxygen atoms in total. The molecule has 1 spiro atoms. The first-order valence-corrected chi connectivity index (χ1v) is 13.5. The normalized spacial score (nSPS) is 31.7. The van der Waals surface area contributed by atoms with Gasteiger partial charge in [0.25, 0.3) is 0 Å². The second-order valence-corrected chi connectivity index (χ2v) is 10.9. The lowest BCUT2D eigenvalue weighted by molar-refractivity contribution is -0.160. The van der Waals surface area contributed by atoms with Crippen LogP contribution in [0, 0.1) is 11.8 Å². The average molecular weight is 513 g/mol. The smallest absolute Gasteiger partial charge is 0.310 e. The van der Waals surface area contributed by atoms with Crippen LogP contribution in [0.3, 0.4) is 0 Å². The lowest BCUT2D eigenvalue weighted by atomic mass is 9.65. The maximum atomic E-state index is 14.5. The van der Waals surface area contributed by atoms with Crippen LogP contribution >= 0.6 is 0 Å². The third-order valence-electron chi connectivity index (χ3n) is 8.88. The summed E-state index contributed by atoms with van der Waals surface area (Å²) in [5.74, 6) is -3.74. The van der Waals surface area contributed by atoms with E-state index in [4.69, 9.17) is 4.74 Å². The van der Waals surface area contributed by atoms with Crippen molar-refractivity contribution in [2.24, 2.45) is 11.8 Å². The zero-order valence-corrected chi connectivity index (χ0v) is 22.1. The van der Waals surface area contributed by atoms with E-state index in [2.05, 4.69) is 13.5 Å². The summed E-state index contributed by atoms with van der Waals surface area (Å²) in [4.78, 5) is 44.4. The predicted molar refractivity (Wildman–Crippen MR) is 139 cm³/mol. The molecule has 3 saturated heterocycles. The van der Waals surface area contributed by atoms with Crippen molar-refractivity contribution in [1.29, 1.82) is 0 Å². The minimum absolute atomic E-state index is 0.0985. The van der Waals surface area contributed by atoms with Gasteiger partial charge in [0.1, 0.15) is 17.6 Å². The molecule has 1 aromatic carbocycles. The van der Waals surface area contributed by atoms with E-state index >= 15 is 0 Å². The minimum Gasteiger partial charge on any atom is -0.481 e. The third kappa shape index (κ3) is 4.28. The molecule has 3 aliphatic rings. The van der Waals surface area contributed by atoms with E-state index in [1.807, 2.05) is 44.2 Å². The molecule has 37 heavy (non-hydrogen) atoms. The van der Waals surface area contributed by atoms with Crippen LogP contribution in [0.15, 0.2) is 43.0 Å². The van der Waals surface area contributed by atoms with Gasteiger partial charge >= 0.3 is 5.97 Å². The van der Waals surface area contributed by atoms with Gasteiger partial charge in [-0.25, -0.2) is 0 Å². The first-order chi connectivity index (χ1) is 17.7. The summed E-state index contributed by atoms with van der Waals surface area (Å²) in [5, 5.41) is 20.8. The van der Waals surface area contributed by atoms with Crippen molar-refractivity contribution in [3.63, 3.8) is 0 Å². The highest BCUT2D eigenvalue weighted by Crippen LogP contribution is 2.64. The van der Waals surface area contributed by atoms with Crippen molar-refractivity contribution in [2.45, 2.75) is 88.6 Å². The summed E-state index contributed by atoms with van der Waals surface area (Å²) in [6.07, 6.45) is 5.05. The molecule has 1 aromatic rings. The number of amides is 2. The monoisotopic (exact) mass is 512 g/mol. The van der Waals surface area contributed by atoms with E-state index in [1.165, 1.54) is 4.90 Å². The summed E-state index contributed by atoms with van der Waals surface area (Å²) in [5.41, 5.74) is -1.28. The first-order valence-electron chi connectivity index (χ1n) is 13.5. The van der Waals surface area contributed by atoms with Crippen molar-refractivity contribution < 1.29 is 29.3 Å². The van der Waals surface area contributed by atoms with Gasteiger partial charge in [-0.3, -0.25) is 14.4 Å². The molecule has 2 N–H and O–H groups in total. The van der Waals surface area contributed by atoms with Gasteiger partial charge in [-0.2, -0.15) is 0 Å². The second-order valence-electron chi connectivity index (χ2n) is 10.9. The lowest BCUT2D eigenvalue weighted by Gasteiger charge is -2.41. The molecule has 3 unspecified atom stereocenters. The second kappa shape index (κ2) is 10.6. The molecule has 3 aliphatic heterocycles. The van der Waals surface area contributed by atoms with E-state index in [0.717, 1.165) is 18.4 Å². The Morgan fingerprint density at radius 1 is 1.27 bits per heavy atom. The van der Waals surface area contributed by atoms with E-state index in [9.17, 15) is 24.6 Å². The minimum atomic E-state index is -1.23. The number of ether oxygens (including phenoxy) is 1. The zero-order valence-electron chi connectivity index (χ0n) is 22.1. The van der Waals surface area contributed by atoms with E-state index in [-0.39, 0.29) is 18.6 Å². The first kappa shape index (κ1) is 27.3. The van der Waals surface area contributed by atoms with E-state index < -0.39 is 47.0 Å². The Morgan fingerprint density at radius 2 is 1.97 bits per heavy atom. The van der Waals surface area contributed by atoms with Crippen LogP contribution in [-0.2, 0) is 25.5 Å². The zero-order chi connectivity index (χ0) is 27.0. The fraction of sp³-hybridized carbons (Fsp3) is 0.621. The summed E-state index contributed by atoms with van der Waals surface area (Å²) in [7, 11) is 0. The number of hydrogen-bond acceptors (Lipinski definition) is 5. The van der Waals surface area contributed by atoms with Crippen LogP contribution in [-0.4, -0.2) is 80.3 Å². The largest absolute Gasteiger partial charge is 0.481 e. The maximum Gasteiger partial charge on any atom is 0.310 e. The molecule has 0 radical (unpaired) electrons. The number of aliphatic hydroxyl groups is 1. The summed E-state index contributed by atoms with van der Waals surface area (Å²) < 4.78 is 6.64. The van der Waals surface area contributed by atoms with Crippen LogP contribution in [0.5, 0.6) is 0 Å². The molecule has 2 bridgehead atoms. The maximum absolute atomic E-state index is 14.5. The Labute approximate surface area is 219 Å². The molecule has 2 amide bonds. The number of fused-ring (bicyclic) bond motifs is 1. The van der Waals surface area contributed by atoms with Crippen LogP contribution in [0.2, 0.25) is 0 Å². The topological polar surface area (TPSA) is 107 Å². The van der Waals surface area contributed by atoms with Gasteiger partial charge in [-0.05, 0) is 44.6 Å². The summed E-state index contributed by atoms with van der Waals surface area (Å²) in [6.45, 7) is 9.72. The molecule has 0 aliphatic carbocycles. The van der Waals surface area contributed by atoms with Gasteiger partial charge in [0.05, 0.1) is 24.2 Å². The highest BCUT2D eigenvalue weighted by atomic mass is 16.5. The number of nitrogens with zero attached hydrogens (tertiary/aromatic N) is 2. The van der Waals surface area contributed by atoms with Gasteiger partial charge in [0.15, 0.2) is 0 Å². The molecule has 0 saturated carbocycles. The third-order valence-corrected chi connectivity index (χ3v) is 8.88. The van der Waals surface area contributed by atoms with Gasteiger partial charge in [-0.15, -0.1) is 6.58 Å². The van der Waals surface area contributed by atoms with Crippen LogP contribution < -0.4 is 0 Å². The molecule has 8 heteroatoms. The fourth-order valence-corrected chi connectivity index (χ4v) is 7.20. The van der Waals surface area contributed by atoms with Crippen molar-refractivity contribution in [3.8, 4) is 0 Å². The molecule has 0 aromatic heterocycles. The van der Waals surface area contributed by atoms with Crippen molar-refractivity contribution in [1.82, 2.24) is 9.80 Å². The lowest BCUT2D eigenvalue weighted by Crippen LogP contribution is -2.60.